The van der Waals surface area contributed by atoms with Gasteiger partial charge in [-0.15, -0.1) is 0 Å². The first-order valence-electron chi connectivity index (χ1n) is 6.20. The summed E-state index contributed by atoms with van der Waals surface area (Å²) in [4.78, 5) is 0. The van der Waals surface area contributed by atoms with E-state index < -0.39 is 0 Å². The topological polar surface area (TPSA) is 39.1 Å². The zero-order chi connectivity index (χ0) is 11.4. The van der Waals surface area contributed by atoms with E-state index in [0.717, 1.165) is 31.3 Å². The van der Waals surface area contributed by atoms with E-state index in [9.17, 15) is 0 Å². The molecule has 1 N–H and O–H groups in total. The minimum absolute atomic E-state index is 0.208. The van der Waals surface area contributed by atoms with E-state index in [-0.39, 0.29) is 6.10 Å². The molecule has 90 valence electrons. The number of nitrogens with zero attached hydrogens (tertiary/aromatic N) is 2. The third-order valence-electron chi connectivity index (χ3n) is 2.67. The second kappa shape index (κ2) is 5.34. The van der Waals surface area contributed by atoms with Gasteiger partial charge in [0.2, 0.25) is 0 Å². The van der Waals surface area contributed by atoms with Crippen molar-refractivity contribution in [3.05, 3.63) is 12.4 Å². The molecule has 1 fully saturated rings. The van der Waals surface area contributed by atoms with Gasteiger partial charge in [-0.25, -0.2) is 0 Å². The summed E-state index contributed by atoms with van der Waals surface area (Å²) in [5.74, 6) is 0.874. The predicted octanol–water partition coefficient (Wildman–Crippen LogP) is 1.81. The van der Waals surface area contributed by atoms with Crippen molar-refractivity contribution in [3.8, 4) is 5.75 Å². The van der Waals surface area contributed by atoms with Gasteiger partial charge in [-0.2, -0.15) is 5.10 Å². The Labute approximate surface area is 97.0 Å². The molecule has 4 nitrogen and oxygen atoms in total. The monoisotopic (exact) mass is 223 g/mol. The molecule has 1 aliphatic rings. The van der Waals surface area contributed by atoms with E-state index in [2.05, 4.69) is 24.3 Å². The van der Waals surface area contributed by atoms with Gasteiger partial charge in [-0.1, -0.05) is 6.92 Å². The lowest BCUT2D eigenvalue weighted by Crippen LogP contribution is -2.30. The summed E-state index contributed by atoms with van der Waals surface area (Å²) in [6.07, 6.45) is 7.71. The molecule has 1 unspecified atom stereocenters. The molecule has 4 heteroatoms. The highest BCUT2D eigenvalue weighted by Gasteiger charge is 2.21. The van der Waals surface area contributed by atoms with Gasteiger partial charge in [-0.05, 0) is 26.2 Å². The summed E-state index contributed by atoms with van der Waals surface area (Å²) >= 11 is 0. The molecule has 1 saturated carbocycles. The van der Waals surface area contributed by atoms with Crippen molar-refractivity contribution < 1.29 is 4.74 Å². The molecule has 1 aromatic rings. The van der Waals surface area contributed by atoms with Crippen LogP contribution in [-0.2, 0) is 6.54 Å². The van der Waals surface area contributed by atoms with Crippen LogP contribution in [0.25, 0.3) is 0 Å². The smallest absolute Gasteiger partial charge is 0.157 e. The highest BCUT2D eigenvalue weighted by molar-refractivity contribution is 5.12. The summed E-state index contributed by atoms with van der Waals surface area (Å²) in [5.41, 5.74) is 0. The van der Waals surface area contributed by atoms with Gasteiger partial charge < -0.3 is 10.1 Å². The van der Waals surface area contributed by atoms with Crippen molar-refractivity contribution >= 4 is 0 Å². The summed E-state index contributed by atoms with van der Waals surface area (Å²) in [7, 11) is 0. The largest absolute Gasteiger partial charge is 0.486 e. The van der Waals surface area contributed by atoms with Gasteiger partial charge in [0.15, 0.2) is 5.75 Å². The lowest BCUT2D eigenvalue weighted by Gasteiger charge is -2.13. The van der Waals surface area contributed by atoms with Crippen LogP contribution in [0.4, 0.5) is 0 Å². The fourth-order valence-electron chi connectivity index (χ4n) is 1.65. The number of aromatic nitrogens is 2. The second-order valence-corrected chi connectivity index (χ2v) is 4.55. The van der Waals surface area contributed by atoms with Crippen molar-refractivity contribution in [1.82, 2.24) is 15.1 Å². The van der Waals surface area contributed by atoms with E-state index >= 15 is 0 Å². The molecule has 1 aromatic heterocycles. The van der Waals surface area contributed by atoms with Crippen LogP contribution in [0, 0.1) is 0 Å². The molecule has 2 rings (SSSR count). The van der Waals surface area contributed by atoms with Crippen molar-refractivity contribution in [1.29, 1.82) is 0 Å². The van der Waals surface area contributed by atoms with Crippen molar-refractivity contribution in [2.75, 3.05) is 6.54 Å². The summed E-state index contributed by atoms with van der Waals surface area (Å²) < 4.78 is 7.70. The second-order valence-electron chi connectivity index (χ2n) is 4.55. The van der Waals surface area contributed by atoms with Crippen LogP contribution in [0.5, 0.6) is 5.75 Å². The van der Waals surface area contributed by atoms with Crippen LogP contribution < -0.4 is 10.1 Å². The third-order valence-corrected chi connectivity index (χ3v) is 2.67. The molecule has 0 aliphatic heterocycles. The molecule has 0 saturated heterocycles. The minimum Gasteiger partial charge on any atom is -0.486 e. The molecule has 0 amide bonds. The van der Waals surface area contributed by atoms with E-state index in [1.54, 1.807) is 6.20 Å². The van der Waals surface area contributed by atoms with Crippen LogP contribution in [0.2, 0.25) is 0 Å². The number of rotatable bonds is 7. The molecule has 0 spiro atoms. The Morgan fingerprint density at radius 1 is 1.62 bits per heavy atom. The van der Waals surface area contributed by atoms with Crippen LogP contribution >= 0.6 is 0 Å². The van der Waals surface area contributed by atoms with Crippen molar-refractivity contribution in [3.63, 3.8) is 0 Å². The van der Waals surface area contributed by atoms with E-state index in [1.165, 1.54) is 12.8 Å². The lowest BCUT2D eigenvalue weighted by atomic mass is 10.4. The maximum absolute atomic E-state index is 5.77. The molecule has 1 aliphatic carbocycles. The zero-order valence-electron chi connectivity index (χ0n) is 10.1. The number of hydrogen-bond acceptors (Lipinski definition) is 3. The Morgan fingerprint density at radius 3 is 3.12 bits per heavy atom. The average Bonchev–Trinajstić information content (AvgIpc) is 2.99. The maximum Gasteiger partial charge on any atom is 0.157 e. The molecule has 0 bridgehead atoms. The van der Waals surface area contributed by atoms with Gasteiger partial charge in [0.25, 0.3) is 0 Å². The number of hydrogen-bond donors (Lipinski definition) is 1. The number of ether oxygens (including phenoxy) is 1. The Kier molecular flexibility index (Phi) is 3.83. The predicted molar refractivity (Wildman–Crippen MR) is 63.6 cm³/mol. The fourth-order valence-corrected chi connectivity index (χ4v) is 1.65. The molecule has 16 heavy (non-hydrogen) atoms. The molecule has 1 atom stereocenters. The standard InChI is InChI=1S/C12H21N3O/c1-3-6-15-9-12(8-14-15)16-10(2)7-13-11-4-5-11/h8-11,13H,3-7H2,1-2H3. The van der Waals surface area contributed by atoms with Gasteiger partial charge in [-0.3, -0.25) is 4.68 Å². The number of nitrogens with one attached hydrogen (secondary N) is 1. The first-order chi connectivity index (χ1) is 7.78. The first kappa shape index (κ1) is 11.5. The Bertz CT molecular complexity index is 320. The quantitative estimate of drug-likeness (QED) is 0.766. The molecule has 0 aromatic carbocycles. The summed E-state index contributed by atoms with van der Waals surface area (Å²) in [6.45, 7) is 6.11. The van der Waals surface area contributed by atoms with E-state index in [4.69, 9.17) is 4.74 Å². The van der Waals surface area contributed by atoms with Crippen LogP contribution in [0.15, 0.2) is 12.4 Å². The van der Waals surface area contributed by atoms with Gasteiger partial charge in [0, 0.05) is 19.1 Å². The van der Waals surface area contributed by atoms with Crippen molar-refractivity contribution in [2.45, 2.75) is 51.8 Å². The molecule has 0 radical (unpaired) electrons. The summed E-state index contributed by atoms with van der Waals surface area (Å²) in [5, 5.41) is 7.69. The Balaban J connectivity index is 1.73. The molecule has 1 heterocycles. The summed E-state index contributed by atoms with van der Waals surface area (Å²) in [6, 6.07) is 0.744. The normalized spacial score (nSPS) is 17.4. The van der Waals surface area contributed by atoms with E-state index in [0.29, 0.717) is 0 Å². The Morgan fingerprint density at radius 2 is 2.44 bits per heavy atom. The highest BCUT2D eigenvalue weighted by Crippen LogP contribution is 2.18. The lowest BCUT2D eigenvalue weighted by molar-refractivity contribution is 0.216. The number of aryl methyl sites for hydroxylation is 1. The SMILES string of the molecule is CCCn1cc(OC(C)CNC2CC2)cn1. The first-order valence-corrected chi connectivity index (χ1v) is 6.20. The van der Waals surface area contributed by atoms with Crippen LogP contribution in [0.3, 0.4) is 0 Å². The zero-order valence-corrected chi connectivity index (χ0v) is 10.1. The maximum atomic E-state index is 5.77. The fraction of sp³-hybridized carbons (Fsp3) is 0.750. The van der Waals surface area contributed by atoms with Gasteiger partial charge in [0.1, 0.15) is 6.10 Å². The van der Waals surface area contributed by atoms with Gasteiger partial charge >= 0.3 is 0 Å². The van der Waals surface area contributed by atoms with Crippen molar-refractivity contribution in [2.24, 2.45) is 0 Å². The Hall–Kier alpha value is -1.03. The molecular weight excluding hydrogens is 202 g/mol. The highest BCUT2D eigenvalue weighted by atomic mass is 16.5. The van der Waals surface area contributed by atoms with Crippen LogP contribution in [-0.4, -0.2) is 28.5 Å². The average molecular weight is 223 g/mol. The van der Waals surface area contributed by atoms with Crippen LogP contribution in [0.1, 0.15) is 33.1 Å². The minimum atomic E-state index is 0.208. The van der Waals surface area contributed by atoms with Gasteiger partial charge in [0.05, 0.1) is 12.4 Å². The van der Waals surface area contributed by atoms with E-state index in [1.807, 2.05) is 10.9 Å². The molecular formula is C12H21N3O. The third kappa shape index (κ3) is 3.52.